The number of benzene rings is 2. The van der Waals surface area contributed by atoms with Crippen molar-refractivity contribution >= 4 is 23.4 Å². The Morgan fingerprint density at radius 3 is 2.72 bits per heavy atom. The van der Waals surface area contributed by atoms with Gasteiger partial charge in [0, 0.05) is 11.4 Å². The van der Waals surface area contributed by atoms with Gasteiger partial charge in [-0.25, -0.2) is 4.39 Å². The molecule has 0 aromatic heterocycles. The number of hydrazine groups is 1. The van der Waals surface area contributed by atoms with E-state index in [9.17, 15) is 14.0 Å². The third kappa shape index (κ3) is 4.39. The van der Waals surface area contributed by atoms with Crippen LogP contribution in [0.25, 0.3) is 0 Å². The van der Waals surface area contributed by atoms with Crippen molar-refractivity contribution in [2.24, 2.45) is 0 Å². The number of hydrogen-bond acceptors (Lipinski definition) is 4. The van der Waals surface area contributed by atoms with Crippen LogP contribution in [0.4, 0.5) is 4.39 Å². The van der Waals surface area contributed by atoms with Crippen molar-refractivity contribution in [3.63, 3.8) is 0 Å². The van der Waals surface area contributed by atoms with Gasteiger partial charge in [0.1, 0.15) is 17.3 Å². The molecule has 2 amide bonds. The van der Waals surface area contributed by atoms with Crippen LogP contribution in [-0.2, 0) is 16.0 Å². The van der Waals surface area contributed by atoms with Gasteiger partial charge in [0.25, 0.3) is 11.8 Å². The number of nitrogens with one attached hydrogen (secondary N) is 2. The van der Waals surface area contributed by atoms with E-state index in [0.29, 0.717) is 22.9 Å². The minimum Gasteiger partial charge on any atom is -0.484 e. The quantitative estimate of drug-likeness (QED) is 0.814. The second kappa shape index (κ2) is 7.40. The fourth-order valence-corrected chi connectivity index (χ4v) is 2.49. The molecule has 0 saturated carbocycles. The van der Waals surface area contributed by atoms with Crippen LogP contribution in [0.1, 0.15) is 5.56 Å². The van der Waals surface area contributed by atoms with E-state index in [1.54, 1.807) is 18.2 Å². The highest BCUT2D eigenvalue weighted by Crippen LogP contribution is 2.30. The zero-order valence-electron chi connectivity index (χ0n) is 12.9. The first kappa shape index (κ1) is 17.0. The van der Waals surface area contributed by atoms with Crippen LogP contribution >= 0.6 is 11.6 Å². The fraction of sp³-hybridized carbons (Fsp3) is 0.176. The van der Waals surface area contributed by atoms with Crippen LogP contribution in [0.3, 0.4) is 0 Å². The lowest BCUT2D eigenvalue weighted by molar-refractivity contribution is -0.133. The Labute approximate surface area is 147 Å². The molecule has 1 unspecified atom stereocenters. The van der Waals surface area contributed by atoms with Crippen LogP contribution in [0.15, 0.2) is 42.5 Å². The Morgan fingerprint density at radius 1 is 1.20 bits per heavy atom. The molecule has 0 radical (unpaired) electrons. The number of rotatable bonds is 4. The van der Waals surface area contributed by atoms with Crippen LogP contribution in [0, 0.1) is 5.82 Å². The van der Waals surface area contributed by atoms with E-state index in [1.165, 1.54) is 24.3 Å². The van der Waals surface area contributed by atoms with Gasteiger partial charge in [0.05, 0.1) is 0 Å². The normalized spacial score (nSPS) is 15.0. The maximum absolute atomic E-state index is 12.8. The summed E-state index contributed by atoms with van der Waals surface area (Å²) in [6, 6.07) is 10.3. The summed E-state index contributed by atoms with van der Waals surface area (Å²) >= 11 is 5.90. The van der Waals surface area contributed by atoms with Gasteiger partial charge in [0.2, 0.25) is 0 Å². The topological polar surface area (TPSA) is 76.7 Å². The highest BCUT2D eigenvalue weighted by atomic mass is 35.5. The second-order valence-electron chi connectivity index (χ2n) is 5.34. The van der Waals surface area contributed by atoms with Crippen molar-refractivity contribution in [1.29, 1.82) is 0 Å². The third-order valence-electron chi connectivity index (χ3n) is 3.50. The van der Waals surface area contributed by atoms with E-state index >= 15 is 0 Å². The Balaban J connectivity index is 1.43. The van der Waals surface area contributed by atoms with Crippen molar-refractivity contribution < 1.29 is 23.5 Å². The molecule has 0 fully saturated rings. The van der Waals surface area contributed by atoms with Crippen molar-refractivity contribution in [3.8, 4) is 11.5 Å². The van der Waals surface area contributed by atoms with E-state index in [1.807, 2.05) is 0 Å². The lowest BCUT2D eigenvalue weighted by atomic mass is 10.1. The number of amides is 2. The molecule has 1 aliphatic rings. The van der Waals surface area contributed by atoms with Gasteiger partial charge < -0.3 is 9.47 Å². The maximum atomic E-state index is 12.8. The molecular formula is C17H14ClFN2O4. The lowest BCUT2D eigenvalue weighted by Crippen LogP contribution is -2.49. The Bertz CT molecular complexity index is 798. The molecular weight excluding hydrogens is 351 g/mol. The average molecular weight is 365 g/mol. The number of ether oxygens (including phenoxy) is 2. The molecule has 2 N–H and O–H groups in total. The Morgan fingerprint density at radius 2 is 1.96 bits per heavy atom. The standard InChI is InChI=1S/C17H14ClFN2O4/c18-11-1-6-14-10(7-11)8-15(25-14)17(23)21-20-16(22)9-24-13-4-2-12(19)3-5-13/h1-7,15H,8-9H2,(H,20,22)(H,21,23). The average Bonchev–Trinajstić information content (AvgIpc) is 3.02. The molecule has 1 aliphatic heterocycles. The SMILES string of the molecule is O=C(COc1ccc(F)cc1)NNC(=O)C1Cc2cc(Cl)ccc2O1. The van der Waals surface area contributed by atoms with Crippen molar-refractivity contribution in [2.75, 3.05) is 6.61 Å². The highest BCUT2D eigenvalue weighted by Gasteiger charge is 2.29. The van der Waals surface area contributed by atoms with Crippen molar-refractivity contribution in [2.45, 2.75) is 12.5 Å². The molecule has 0 saturated heterocycles. The molecule has 0 aliphatic carbocycles. The molecule has 130 valence electrons. The summed E-state index contributed by atoms with van der Waals surface area (Å²) in [4.78, 5) is 23.7. The number of fused-ring (bicyclic) bond motifs is 1. The summed E-state index contributed by atoms with van der Waals surface area (Å²) in [5.74, 6) is -0.508. The van der Waals surface area contributed by atoms with Gasteiger partial charge in [-0.3, -0.25) is 20.4 Å². The minimum absolute atomic E-state index is 0.326. The first-order chi connectivity index (χ1) is 12.0. The van der Waals surface area contributed by atoms with E-state index in [2.05, 4.69) is 10.9 Å². The molecule has 25 heavy (non-hydrogen) atoms. The van der Waals surface area contributed by atoms with E-state index in [-0.39, 0.29) is 6.61 Å². The summed E-state index contributed by atoms with van der Waals surface area (Å²) in [5, 5.41) is 0.564. The summed E-state index contributed by atoms with van der Waals surface area (Å²) in [6.07, 6.45) is -0.379. The highest BCUT2D eigenvalue weighted by molar-refractivity contribution is 6.30. The zero-order valence-corrected chi connectivity index (χ0v) is 13.7. The van der Waals surface area contributed by atoms with Crippen LogP contribution in [0.2, 0.25) is 5.02 Å². The van der Waals surface area contributed by atoms with Crippen LogP contribution in [-0.4, -0.2) is 24.5 Å². The largest absolute Gasteiger partial charge is 0.484 e. The summed E-state index contributed by atoms with van der Waals surface area (Å²) in [6.45, 7) is -0.326. The molecule has 1 atom stereocenters. The first-order valence-electron chi connectivity index (χ1n) is 7.43. The third-order valence-corrected chi connectivity index (χ3v) is 3.73. The van der Waals surface area contributed by atoms with Crippen molar-refractivity contribution in [3.05, 3.63) is 58.9 Å². The number of halogens is 2. The lowest BCUT2D eigenvalue weighted by Gasteiger charge is -2.12. The predicted octanol–water partition coefficient (Wildman–Crippen LogP) is 2.01. The summed E-state index contributed by atoms with van der Waals surface area (Å²) < 4.78 is 23.4. The molecule has 8 heteroatoms. The van der Waals surface area contributed by atoms with Crippen LogP contribution < -0.4 is 20.3 Å². The molecule has 2 aromatic carbocycles. The van der Waals surface area contributed by atoms with Gasteiger partial charge in [-0.2, -0.15) is 0 Å². The maximum Gasteiger partial charge on any atom is 0.279 e. The van der Waals surface area contributed by atoms with Gasteiger partial charge in [-0.15, -0.1) is 0 Å². The van der Waals surface area contributed by atoms with Gasteiger partial charge in [-0.05, 0) is 48.0 Å². The zero-order chi connectivity index (χ0) is 17.8. The van der Waals surface area contributed by atoms with Crippen LogP contribution in [0.5, 0.6) is 11.5 Å². The van der Waals surface area contributed by atoms with Gasteiger partial charge >= 0.3 is 0 Å². The van der Waals surface area contributed by atoms with Gasteiger partial charge in [0.15, 0.2) is 12.7 Å². The number of carbonyl (C=O) groups excluding carboxylic acids is 2. The molecule has 2 aromatic rings. The molecule has 3 rings (SSSR count). The molecule has 6 nitrogen and oxygen atoms in total. The van der Waals surface area contributed by atoms with E-state index in [0.717, 1.165) is 5.56 Å². The monoisotopic (exact) mass is 364 g/mol. The Hall–Kier alpha value is -2.80. The van der Waals surface area contributed by atoms with Crippen molar-refractivity contribution in [1.82, 2.24) is 10.9 Å². The van der Waals surface area contributed by atoms with Gasteiger partial charge in [-0.1, -0.05) is 11.6 Å². The molecule has 0 spiro atoms. The number of carbonyl (C=O) groups is 2. The first-order valence-corrected chi connectivity index (χ1v) is 7.81. The smallest absolute Gasteiger partial charge is 0.279 e. The summed E-state index contributed by atoms with van der Waals surface area (Å²) in [5.41, 5.74) is 5.35. The minimum atomic E-state index is -0.744. The fourth-order valence-electron chi connectivity index (χ4n) is 2.29. The van der Waals surface area contributed by atoms with E-state index < -0.39 is 23.7 Å². The Kier molecular flexibility index (Phi) is 5.04. The summed E-state index contributed by atoms with van der Waals surface area (Å²) in [7, 11) is 0. The number of hydrogen-bond donors (Lipinski definition) is 2. The second-order valence-corrected chi connectivity index (χ2v) is 5.78. The molecule has 1 heterocycles. The predicted molar refractivity (Wildman–Crippen MR) is 87.8 cm³/mol. The van der Waals surface area contributed by atoms with E-state index in [4.69, 9.17) is 21.1 Å². The molecule has 0 bridgehead atoms.